The van der Waals surface area contributed by atoms with Crippen molar-refractivity contribution in [2.24, 2.45) is 0 Å². The molecule has 9 heterocycles. The zero-order valence-corrected chi connectivity index (χ0v) is 76.9. The molecule has 0 radical (unpaired) electrons. The van der Waals surface area contributed by atoms with Gasteiger partial charge in [0.05, 0.1) is 37.5 Å². The predicted octanol–water partition coefficient (Wildman–Crippen LogP) is 37.8. The van der Waals surface area contributed by atoms with E-state index in [4.69, 9.17) is 22.1 Å². The molecule has 0 bridgehead atoms. The minimum absolute atomic E-state index is 0.877. The molecule has 30 rings (SSSR count). The normalized spacial score (nSPS) is 11.8. The first-order valence-corrected chi connectivity index (χ1v) is 48.6. The van der Waals surface area contributed by atoms with Crippen LogP contribution in [0.3, 0.4) is 0 Å². The van der Waals surface area contributed by atoms with Crippen molar-refractivity contribution < 1.29 is 22.1 Å². The Bertz CT molecular complexity index is 10200. The molecular formula is C132H81N3O5S. The van der Waals surface area contributed by atoms with Gasteiger partial charge in [0.2, 0.25) is 0 Å². The van der Waals surface area contributed by atoms with E-state index >= 15 is 0 Å². The highest BCUT2D eigenvalue weighted by Gasteiger charge is 2.28. The number of hydrogen-bond donors (Lipinski definition) is 0. The van der Waals surface area contributed by atoms with Crippen LogP contribution in [0.5, 0.6) is 0 Å². The third-order valence-corrected chi connectivity index (χ3v) is 29.5. The summed E-state index contributed by atoms with van der Waals surface area (Å²) in [7, 11) is 0. The second-order valence-electron chi connectivity index (χ2n) is 36.2. The number of fused-ring (bicyclic) bond motifs is 24. The van der Waals surface area contributed by atoms with Gasteiger partial charge in [-0.2, -0.15) is 0 Å². The van der Waals surface area contributed by atoms with E-state index in [0.29, 0.717) is 0 Å². The summed E-state index contributed by atoms with van der Waals surface area (Å²) in [5.74, 6) is 0. The summed E-state index contributed by atoms with van der Waals surface area (Å²) in [5, 5.41) is 13.8. The van der Waals surface area contributed by atoms with Gasteiger partial charge in [0, 0.05) is 97.9 Å². The molecule has 8 nitrogen and oxygen atoms in total. The van der Waals surface area contributed by atoms with E-state index in [0.717, 1.165) is 221 Å². The molecule has 30 aromatic rings. The lowest BCUT2D eigenvalue weighted by Crippen LogP contribution is -1.93. The van der Waals surface area contributed by atoms with Gasteiger partial charge in [-0.05, 0) is 193 Å². The summed E-state index contributed by atoms with van der Waals surface area (Å²) >= 11 is 1.90. The van der Waals surface area contributed by atoms with Gasteiger partial charge < -0.3 is 35.8 Å². The monoisotopic (exact) mass is 1820 g/mol. The summed E-state index contributed by atoms with van der Waals surface area (Å²) in [6, 6.07) is 174. The Morgan fingerprint density at radius 2 is 0.447 bits per heavy atom. The van der Waals surface area contributed by atoms with E-state index in [1.165, 1.54) is 59.1 Å². The third kappa shape index (κ3) is 13.3. The smallest absolute Gasteiger partial charge is 0.161 e. The molecule has 0 atom stereocenters. The van der Waals surface area contributed by atoms with E-state index in [1.54, 1.807) is 0 Å². The first-order valence-electron chi connectivity index (χ1n) is 47.8. The molecule has 141 heavy (non-hydrogen) atoms. The van der Waals surface area contributed by atoms with Crippen molar-refractivity contribution in [3.05, 3.63) is 491 Å². The Morgan fingerprint density at radius 1 is 0.149 bits per heavy atom. The summed E-state index contributed by atoms with van der Waals surface area (Å²) in [5.41, 5.74) is 39.9. The van der Waals surface area contributed by atoms with Crippen molar-refractivity contribution in [3.63, 3.8) is 0 Å². The number of furan rings is 5. The lowest BCUT2D eigenvalue weighted by Gasteiger charge is -2.11. The first-order chi connectivity index (χ1) is 70.0. The van der Waals surface area contributed by atoms with Crippen LogP contribution < -0.4 is 0 Å². The van der Waals surface area contributed by atoms with Crippen LogP contribution in [-0.4, -0.2) is 13.7 Å². The fourth-order valence-corrected chi connectivity index (χ4v) is 23.3. The highest BCUT2D eigenvalue weighted by molar-refractivity contribution is 7.27. The zero-order valence-electron chi connectivity index (χ0n) is 76.1. The van der Waals surface area contributed by atoms with Crippen molar-refractivity contribution in [2.45, 2.75) is 0 Å². The molecule has 9 heteroatoms. The van der Waals surface area contributed by atoms with Crippen LogP contribution in [0, 0.1) is 0 Å². The molecule has 660 valence electrons. The van der Waals surface area contributed by atoms with E-state index in [9.17, 15) is 0 Å². The Balaban J connectivity index is 0.000000104. The molecule has 21 aromatic carbocycles. The molecule has 0 aliphatic carbocycles. The lowest BCUT2D eigenvalue weighted by atomic mass is 9.94. The van der Waals surface area contributed by atoms with Gasteiger partial charge in [0.25, 0.3) is 0 Å². The molecule has 9 aromatic heterocycles. The van der Waals surface area contributed by atoms with Crippen LogP contribution in [-0.2, 0) is 0 Å². The number of benzene rings is 21. The van der Waals surface area contributed by atoms with Crippen LogP contribution in [0.25, 0.3) is 280 Å². The van der Waals surface area contributed by atoms with Gasteiger partial charge in [-0.3, -0.25) is 0 Å². The molecule has 0 spiro atoms. The third-order valence-electron chi connectivity index (χ3n) is 28.2. The van der Waals surface area contributed by atoms with Crippen LogP contribution in [0.15, 0.2) is 513 Å². The van der Waals surface area contributed by atoms with Gasteiger partial charge in [-0.1, -0.05) is 376 Å². The Hall–Kier alpha value is -18.5. The van der Waals surface area contributed by atoms with Crippen molar-refractivity contribution in [2.75, 3.05) is 0 Å². The fraction of sp³-hybridized carbons (Fsp3) is 0. The second kappa shape index (κ2) is 33.2. The minimum Gasteiger partial charge on any atom is -0.455 e. The van der Waals surface area contributed by atoms with Crippen LogP contribution >= 0.6 is 11.3 Å². The number of thiophene rings is 1. The molecule has 0 saturated heterocycles. The average Bonchev–Trinajstić information content (AvgIpc) is 1.56. The first kappa shape index (κ1) is 80.9. The zero-order chi connectivity index (χ0) is 92.7. The van der Waals surface area contributed by atoms with E-state index in [2.05, 4.69) is 493 Å². The summed E-state index contributed by atoms with van der Waals surface area (Å²) in [6.07, 6.45) is 0. The number of hydrogen-bond acceptors (Lipinski definition) is 6. The largest absolute Gasteiger partial charge is 0.455 e. The van der Waals surface area contributed by atoms with Crippen molar-refractivity contribution >= 4 is 174 Å². The number of aromatic nitrogens is 3. The van der Waals surface area contributed by atoms with Crippen molar-refractivity contribution in [3.8, 4) is 117 Å². The van der Waals surface area contributed by atoms with Gasteiger partial charge >= 0.3 is 0 Å². The Kier molecular flexibility index (Phi) is 19.0. The second-order valence-corrected chi connectivity index (χ2v) is 37.2. The molecular weight excluding hydrogens is 1740 g/mol. The van der Waals surface area contributed by atoms with Gasteiger partial charge in [-0.25, -0.2) is 0 Å². The van der Waals surface area contributed by atoms with Crippen LogP contribution in [0.1, 0.15) is 0 Å². The molecule has 0 fully saturated rings. The number of para-hydroxylation sites is 10. The van der Waals surface area contributed by atoms with E-state index in [-0.39, 0.29) is 0 Å². The quantitative estimate of drug-likeness (QED) is 0.122. The molecule has 0 amide bonds. The van der Waals surface area contributed by atoms with Crippen LogP contribution in [0.2, 0.25) is 0 Å². The van der Waals surface area contributed by atoms with E-state index < -0.39 is 0 Å². The number of rotatable bonds is 12. The molecule has 0 aliphatic heterocycles. The fourth-order valence-electron chi connectivity index (χ4n) is 22.0. The maximum atomic E-state index is 6.76. The highest BCUT2D eigenvalue weighted by atomic mass is 32.1. The summed E-state index contributed by atoms with van der Waals surface area (Å²) in [4.78, 5) is 0. The van der Waals surface area contributed by atoms with Gasteiger partial charge in [0.15, 0.2) is 11.2 Å². The average molecular weight is 1820 g/mol. The standard InChI is InChI=1S/2C44H27NO2.C44H27NOS/c1-3-13-28(14-4-1)34-22-10-23-36-40-32(20-11-25-38(40)46-43(34)36)29-15-9-16-30(27-29)33-21-12-26-39-41(33)42-44(47-39)35-19-7-8-24-37(35)45(42)31-17-5-2-6-18-31;1-3-12-28(13-4-1)29-24-25-39-37(27-29)35-21-10-20-34(43(35)46-39)31-15-9-14-30(26-31)33-19-11-23-40-41(33)42-44(47-40)36-18-7-8-22-38(36)45(42)32-16-5-2-6-17-32;1-3-13-28(14-4-1)32-20-10-23-35-36-24-11-21-33(42(36)46-41(32)35)29-15-9-16-30(27-29)34-22-12-25-38-40-44(47-43(34)38)37-19-7-8-26-39(37)45(40)31-17-5-2-6-18-31/h3*1-27H. The molecule has 0 saturated carbocycles. The lowest BCUT2D eigenvalue weighted by molar-refractivity contribution is 0.669. The topological polar surface area (TPSA) is 80.5 Å². The van der Waals surface area contributed by atoms with Gasteiger partial charge in [-0.15, -0.1) is 11.3 Å². The van der Waals surface area contributed by atoms with Crippen molar-refractivity contribution in [1.29, 1.82) is 0 Å². The van der Waals surface area contributed by atoms with Crippen molar-refractivity contribution in [1.82, 2.24) is 13.7 Å². The van der Waals surface area contributed by atoms with E-state index in [1.807, 2.05) is 23.5 Å². The van der Waals surface area contributed by atoms with Crippen LogP contribution in [0.4, 0.5) is 0 Å². The SMILES string of the molecule is c1ccc(-c2ccc3oc4c(-c5cccc(-c6cccc7oc8c9ccccc9n(-c9ccccc9)c8c67)c5)cccc4c3c2)cc1.c1ccc(-c2cccc3c2oc2c(-c4cccc(-c5cccc6c5sc5c7ccccc7n(-c7ccccc7)c65)c4)cccc23)cc1.c1ccc(-c2cccc3c2oc2cccc(-c4cccc(-c5cccc6oc7c8ccccc8n(-c8ccccc8)c7c56)c4)c23)cc1. The Morgan fingerprint density at radius 3 is 0.922 bits per heavy atom. The van der Waals surface area contributed by atoms with Gasteiger partial charge in [0.1, 0.15) is 55.7 Å². The molecule has 0 N–H and O–H groups in total. The minimum atomic E-state index is 0.877. The Labute approximate surface area is 812 Å². The molecule has 0 aliphatic rings. The summed E-state index contributed by atoms with van der Waals surface area (Å²) < 4.78 is 42.9. The predicted molar refractivity (Wildman–Crippen MR) is 588 cm³/mol. The molecule has 0 unspecified atom stereocenters. The highest BCUT2D eigenvalue weighted by Crippen LogP contribution is 2.52. The maximum absolute atomic E-state index is 6.76. The number of nitrogens with zero attached hydrogens (tertiary/aromatic N) is 3. The summed E-state index contributed by atoms with van der Waals surface area (Å²) in [6.45, 7) is 0. The maximum Gasteiger partial charge on any atom is 0.161 e.